The lowest BCUT2D eigenvalue weighted by atomic mass is 10.5. The fourth-order valence-electron chi connectivity index (χ4n) is 0.672. The summed E-state index contributed by atoms with van der Waals surface area (Å²) in [6, 6.07) is 0. The maximum atomic E-state index is 10.8. The topological polar surface area (TPSA) is 104 Å². The van der Waals surface area contributed by atoms with Crippen LogP contribution in [0.15, 0.2) is 4.79 Å². The second-order valence-electron chi connectivity index (χ2n) is 2.05. The maximum Gasteiger partial charge on any atom is 0.289 e. The highest BCUT2D eigenvalue weighted by molar-refractivity contribution is 5.91. The molecule has 1 heterocycles. The Hall–Kier alpha value is -1.72. The molecule has 5 N–H and O–H groups in total. The molecule has 0 spiro atoms. The summed E-state index contributed by atoms with van der Waals surface area (Å²) in [6.07, 6.45) is 0. The maximum absolute atomic E-state index is 10.8. The van der Waals surface area contributed by atoms with Gasteiger partial charge >= 0.3 is 0 Å². The first-order chi connectivity index (χ1) is 5.11. The molecule has 0 fully saturated rings. The summed E-state index contributed by atoms with van der Waals surface area (Å²) in [4.78, 5) is 21.3. The molecule has 0 saturated heterocycles. The second-order valence-corrected chi connectivity index (χ2v) is 2.05. The smallest absolute Gasteiger partial charge is 0.289 e. The molecule has 1 aromatic heterocycles. The van der Waals surface area contributed by atoms with E-state index in [0.29, 0.717) is 0 Å². The standard InChI is InChI=1S/C5H8N4O2/c1-2(10)7-3-4(6)8-9-5(3)11/h1H3,(H,7,10)(H4,6,8,9,11). The van der Waals surface area contributed by atoms with Gasteiger partial charge < -0.3 is 11.1 Å². The predicted octanol–water partition coefficient (Wildman–Crippen LogP) is -0.756. The number of carbonyl (C=O) groups excluding carboxylic acids is 1. The summed E-state index contributed by atoms with van der Waals surface area (Å²) in [7, 11) is 0. The lowest BCUT2D eigenvalue weighted by molar-refractivity contribution is -0.114. The molecule has 0 aliphatic carbocycles. The van der Waals surface area contributed by atoms with E-state index in [9.17, 15) is 9.59 Å². The van der Waals surface area contributed by atoms with E-state index in [1.807, 2.05) is 0 Å². The van der Waals surface area contributed by atoms with Crippen LogP contribution in [0.2, 0.25) is 0 Å². The number of H-pyrrole nitrogens is 2. The summed E-state index contributed by atoms with van der Waals surface area (Å²) < 4.78 is 0. The largest absolute Gasteiger partial charge is 0.382 e. The number of hydrogen-bond acceptors (Lipinski definition) is 3. The van der Waals surface area contributed by atoms with Gasteiger partial charge in [-0.05, 0) is 0 Å². The van der Waals surface area contributed by atoms with Crippen molar-refractivity contribution in [3.05, 3.63) is 10.4 Å². The highest BCUT2D eigenvalue weighted by Crippen LogP contribution is 2.05. The van der Waals surface area contributed by atoms with E-state index < -0.39 is 5.56 Å². The Morgan fingerprint density at radius 3 is 2.55 bits per heavy atom. The van der Waals surface area contributed by atoms with Gasteiger partial charge in [-0.25, -0.2) is 0 Å². The number of nitrogens with one attached hydrogen (secondary N) is 3. The summed E-state index contributed by atoms with van der Waals surface area (Å²) >= 11 is 0. The van der Waals surface area contributed by atoms with E-state index >= 15 is 0 Å². The Morgan fingerprint density at radius 1 is 1.55 bits per heavy atom. The predicted molar refractivity (Wildman–Crippen MR) is 40.1 cm³/mol. The fourth-order valence-corrected chi connectivity index (χ4v) is 0.672. The van der Waals surface area contributed by atoms with Crippen molar-refractivity contribution < 1.29 is 4.79 Å². The van der Waals surface area contributed by atoms with Crippen molar-refractivity contribution in [2.24, 2.45) is 0 Å². The van der Waals surface area contributed by atoms with Gasteiger partial charge in [0.25, 0.3) is 5.56 Å². The fraction of sp³-hybridized carbons (Fsp3) is 0.200. The highest BCUT2D eigenvalue weighted by Gasteiger charge is 2.06. The van der Waals surface area contributed by atoms with Gasteiger partial charge in [0, 0.05) is 6.92 Å². The Kier molecular flexibility index (Phi) is 1.67. The molecule has 11 heavy (non-hydrogen) atoms. The number of nitrogen functional groups attached to an aromatic ring is 1. The molecular formula is C5H8N4O2. The van der Waals surface area contributed by atoms with Crippen LogP contribution < -0.4 is 16.6 Å². The van der Waals surface area contributed by atoms with Crippen LogP contribution in [0.1, 0.15) is 6.92 Å². The van der Waals surface area contributed by atoms with Gasteiger partial charge in [-0.15, -0.1) is 0 Å². The van der Waals surface area contributed by atoms with E-state index in [4.69, 9.17) is 5.73 Å². The number of amides is 1. The minimum Gasteiger partial charge on any atom is -0.382 e. The molecule has 6 nitrogen and oxygen atoms in total. The molecule has 60 valence electrons. The first-order valence-corrected chi connectivity index (χ1v) is 2.95. The zero-order valence-electron chi connectivity index (χ0n) is 5.89. The summed E-state index contributed by atoms with van der Waals surface area (Å²) in [5, 5.41) is 6.87. The van der Waals surface area contributed by atoms with Crippen LogP contribution in [-0.4, -0.2) is 16.1 Å². The Labute approximate surface area is 61.8 Å². The van der Waals surface area contributed by atoms with Crippen LogP contribution in [0.3, 0.4) is 0 Å². The van der Waals surface area contributed by atoms with Crippen LogP contribution in [0.4, 0.5) is 11.5 Å². The number of aromatic nitrogens is 2. The Morgan fingerprint density at radius 2 is 2.18 bits per heavy atom. The molecule has 1 rings (SSSR count). The van der Waals surface area contributed by atoms with Gasteiger partial charge in [0.2, 0.25) is 5.91 Å². The van der Waals surface area contributed by atoms with E-state index in [0.717, 1.165) is 0 Å². The Bertz CT molecular complexity index is 323. The van der Waals surface area contributed by atoms with Crippen LogP contribution in [-0.2, 0) is 4.79 Å². The van der Waals surface area contributed by atoms with Gasteiger partial charge in [0.05, 0.1) is 0 Å². The lowest BCUT2D eigenvalue weighted by Crippen LogP contribution is -2.14. The van der Waals surface area contributed by atoms with Gasteiger partial charge in [-0.2, -0.15) is 0 Å². The van der Waals surface area contributed by atoms with E-state index in [1.165, 1.54) is 6.92 Å². The summed E-state index contributed by atoms with van der Waals surface area (Å²) in [5.74, 6) is -0.202. The van der Waals surface area contributed by atoms with E-state index in [1.54, 1.807) is 0 Å². The van der Waals surface area contributed by atoms with Crippen molar-refractivity contribution in [1.82, 2.24) is 10.2 Å². The zero-order valence-corrected chi connectivity index (χ0v) is 5.89. The molecule has 6 heteroatoms. The minimum absolute atomic E-state index is 0.0671. The van der Waals surface area contributed by atoms with E-state index in [2.05, 4.69) is 15.5 Å². The van der Waals surface area contributed by atoms with Crippen LogP contribution in [0, 0.1) is 0 Å². The van der Waals surface area contributed by atoms with Crippen molar-refractivity contribution in [2.45, 2.75) is 6.92 Å². The Balaban J connectivity index is 3.01. The molecule has 0 unspecified atom stereocenters. The summed E-state index contributed by atoms with van der Waals surface area (Å²) in [5.41, 5.74) is 4.92. The minimum atomic E-state index is -0.433. The van der Waals surface area contributed by atoms with Crippen molar-refractivity contribution in [1.29, 1.82) is 0 Å². The third kappa shape index (κ3) is 1.40. The molecule has 0 aromatic carbocycles. The average Bonchev–Trinajstić information content (AvgIpc) is 2.18. The van der Waals surface area contributed by atoms with Crippen molar-refractivity contribution in [3.63, 3.8) is 0 Å². The van der Waals surface area contributed by atoms with Gasteiger partial charge in [-0.3, -0.25) is 19.8 Å². The molecule has 0 bridgehead atoms. The van der Waals surface area contributed by atoms with Crippen molar-refractivity contribution in [3.8, 4) is 0 Å². The zero-order chi connectivity index (χ0) is 8.43. The quantitative estimate of drug-likeness (QED) is 0.429. The van der Waals surface area contributed by atoms with Crippen molar-refractivity contribution in [2.75, 3.05) is 11.1 Å². The molecule has 0 atom stereocenters. The first kappa shape index (κ1) is 7.39. The molecule has 0 radical (unpaired) electrons. The van der Waals surface area contributed by atoms with Gasteiger partial charge in [-0.1, -0.05) is 0 Å². The highest BCUT2D eigenvalue weighted by atomic mass is 16.2. The van der Waals surface area contributed by atoms with Crippen LogP contribution in [0.25, 0.3) is 0 Å². The number of hydrogen-bond donors (Lipinski definition) is 4. The first-order valence-electron chi connectivity index (χ1n) is 2.95. The van der Waals surface area contributed by atoms with Crippen LogP contribution in [0.5, 0.6) is 0 Å². The summed E-state index contributed by atoms with van der Waals surface area (Å²) in [6.45, 7) is 1.30. The molecule has 0 aliphatic rings. The normalized spacial score (nSPS) is 9.55. The number of carbonyl (C=O) groups is 1. The number of nitrogens with two attached hydrogens (primary N) is 1. The van der Waals surface area contributed by atoms with E-state index in [-0.39, 0.29) is 17.4 Å². The molecular weight excluding hydrogens is 148 g/mol. The molecule has 0 aliphatic heterocycles. The van der Waals surface area contributed by atoms with Crippen molar-refractivity contribution >= 4 is 17.4 Å². The third-order valence-corrected chi connectivity index (χ3v) is 1.11. The van der Waals surface area contributed by atoms with Gasteiger partial charge in [0.15, 0.2) is 5.69 Å². The average molecular weight is 156 g/mol. The SMILES string of the molecule is CC(=O)Nc1c(N)[nH][nH]c1=O. The number of rotatable bonds is 1. The molecule has 1 aromatic rings. The lowest BCUT2D eigenvalue weighted by Gasteiger charge is -1.95. The monoisotopic (exact) mass is 156 g/mol. The molecule has 1 amide bonds. The number of aromatic amines is 2. The molecule has 0 saturated carbocycles. The number of anilines is 2. The second kappa shape index (κ2) is 2.49. The van der Waals surface area contributed by atoms with Gasteiger partial charge in [0.1, 0.15) is 5.82 Å². The van der Waals surface area contributed by atoms with Crippen LogP contribution >= 0.6 is 0 Å². The third-order valence-electron chi connectivity index (χ3n) is 1.11.